The number of carbonyl (C=O) groups excluding carboxylic acids is 3. The molecule has 2 aromatic rings. The van der Waals surface area contributed by atoms with Crippen LogP contribution < -0.4 is 5.32 Å². The van der Waals surface area contributed by atoms with Gasteiger partial charge in [0.2, 0.25) is 5.91 Å². The fourth-order valence-corrected chi connectivity index (χ4v) is 4.25. The molecule has 0 spiro atoms. The zero-order chi connectivity index (χ0) is 24.0. The fourth-order valence-electron chi connectivity index (χ4n) is 3.98. The molecule has 0 fully saturated rings. The van der Waals surface area contributed by atoms with Crippen LogP contribution in [0.2, 0.25) is 5.02 Å². The van der Waals surface area contributed by atoms with Gasteiger partial charge < -0.3 is 15.0 Å². The summed E-state index contributed by atoms with van der Waals surface area (Å²) in [5.74, 6) is -1.14. The van der Waals surface area contributed by atoms with Crippen molar-refractivity contribution in [2.24, 2.45) is 0 Å². The first-order chi connectivity index (χ1) is 15.9. The molecule has 174 valence electrons. The predicted molar refractivity (Wildman–Crippen MR) is 128 cm³/mol. The van der Waals surface area contributed by atoms with Gasteiger partial charge >= 0.3 is 5.97 Å². The number of rotatable bonds is 8. The highest BCUT2D eigenvalue weighted by Gasteiger charge is 2.37. The van der Waals surface area contributed by atoms with E-state index in [1.165, 1.54) is 0 Å². The minimum atomic E-state index is -0.467. The van der Waals surface area contributed by atoms with E-state index in [4.69, 9.17) is 16.3 Å². The van der Waals surface area contributed by atoms with E-state index in [1.807, 2.05) is 37.3 Å². The standard InChI is InChI=1S/C26H29ClN2O4/c1-4-14-28-25(31)19-12-10-18(11-13-19)16-29-17(3)24(26(32)33-5-2)21(15-23(29)30)20-8-6-7-9-22(20)27/h6-13,21H,4-5,14-16H2,1-3H3,(H,28,31). The van der Waals surface area contributed by atoms with Gasteiger partial charge in [0.25, 0.3) is 5.91 Å². The van der Waals surface area contributed by atoms with Crippen LogP contribution in [0.5, 0.6) is 0 Å². The second-order valence-corrected chi connectivity index (χ2v) is 8.34. The SMILES string of the molecule is CCCNC(=O)c1ccc(CN2C(=O)CC(c3ccccc3Cl)C(C(=O)OCC)=C2C)cc1. The van der Waals surface area contributed by atoms with Gasteiger partial charge in [-0.3, -0.25) is 9.59 Å². The number of nitrogens with one attached hydrogen (secondary N) is 1. The second-order valence-electron chi connectivity index (χ2n) is 7.93. The van der Waals surface area contributed by atoms with Crippen LogP contribution in [0.4, 0.5) is 0 Å². The van der Waals surface area contributed by atoms with Crippen molar-refractivity contribution in [3.8, 4) is 0 Å². The van der Waals surface area contributed by atoms with Crippen LogP contribution in [0.15, 0.2) is 59.8 Å². The summed E-state index contributed by atoms with van der Waals surface area (Å²) in [6.07, 6.45) is 0.983. The summed E-state index contributed by atoms with van der Waals surface area (Å²) in [7, 11) is 0. The van der Waals surface area contributed by atoms with Crippen molar-refractivity contribution in [2.75, 3.05) is 13.2 Å². The summed E-state index contributed by atoms with van der Waals surface area (Å²) in [6, 6.07) is 14.4. The molecule has 0 saturated carbocycles. The first-order valence-corrected chi connectivity index (χ1v) is 11.5. The average molecular weight is 469 g/mol. The summed E-state index contributed by atoms with van der Waals surface area (Å²) in [5, 5.41) is 3.36. The molecular formula is C26H29ClN2O4. The molecule has 2 aromatic carbocycles. The van der Waals surface area contributed by atoms with Crippen LogP contribution in [-0.2, 0) is 20.9 Å². The maximum atomic E-state index is 13.2. The van der Waals surface area contributed by atoms with Crippen LogP contribution in [0, 0.1) is 0 Å². The summed E-state index contributed by atoms with van der Waals surface area (Å²) in [4.78, 5) is 39.8. The maximum Gasteiger partial charge on any atom is 0.336 e. The van der Waals surface area contributed by atoms with Gasteiger partial charge in [-0.15, -0.1) is 0 Å². The third-order valence-corrected chi connectivity index (χ3v) is 6.04. The predicted octanol–water partition coefficient (Wildman–Crippen LogP) is 4.83. The van der Waals surface area contributed by atoms with Gasteiger partial charge in [-0.05, 0) is 49.6 Å². The van der Waals surface area contributed by atoms with Gasteiger partial charge in [0, 0.05) is 35.2 Å². The monoisotopic (exact) mass is 468 g/mol. The molecule has 0 bridgehead atoms. The Hall–Kier alpha value is -3.12. The Morgan fingerprint density at radius 1 is 1.12 bits per heavy atom. The topological polar surface area (TPSA) is 75.7 Å². The fraction of sp³-hybridized carbons (Fsp3) is 0.346. The van der Waals surface area contributed by atoms with Crippen molar-refractivity contribution < 1.29 is 19.1 Å². The molecule has 1 aliphatic rings. The Bertz CT molecular complexity index is 1060. The van der Waals surface area contributed by atoms with E-state index in [9.17, 15) is 14.4 Å². The van der Waals surface area contributed by atoms with Gasteiger partial charge in [0.15, 0.2) is 0 Å². The molecule has 0 radical (unpaired) electrons. The van der Waals surface area contributed by atoms with Gasteiger partial charge in [-0.25, -0.2) is 4.79 Å². The molecule has 0 aromatic heterocycles. The Morgan fingerprint density at radius 2 is 1.82 bits per heavy atom. The van der Waals surface area contributed by atoms with Crippen LogP contribution in [0.25, 0.3) is 0 Å². The van der Waals surface area contributed by atoms with E-state index in [2.05, 4.69) is 5.32 Å². The Kier molecular flexibility index (Phi) is 8.28. The quantitative estimate of drug-likeness (QED) is 0.563. The number of esters is 1. The van der Waals surface area contributed by atoms with Crippen LogP contribution in [-0.4, -0.2) is 35.8 Å². The molecule has 1 heterocycles. The van der Waals surface area contributed by atoms with Crippen LogP contribution in [0.3, 0.4) is 0 Å². The van der Waals surface area contributed by atoms with Crippen molar-refractivity contribution in [1.29, 1.82) is 0 Å². The summed E-state index contributed by atoms with van der Waals surface area (Å²) < 4.78 is 5.33. The molecule has 1 atom stereocenters. The molecule has 2 amide bonds. The van der Waals surface area contributed by atoms with E-state index >= 15 is 0 Å². The lowest BCUT2D eigenvalue weighted by Crippen LogP contribution is -2.38. The molecular weight excluding hydrogens is 440 g/mol. The second kappa shape index (κ2) is 11.1. The van der Waals surface area contributed by atoms with Crippen LogP contribution >= 0.6 is 11.6 Å². The lowest BCUT2D eigenvalue weighted by molar-refractivity contribution is -0.140. The number of carbonyl (C=O) groups is 3. The van der Waals surface area contributed by atoms with Crippen molar-refractivity contribution in [3.63, 3.8) is 0 Å². The maximum absolute atomic E-state index is 13.2. The molecule has 0 saturated heterocycles. The van der Waals surface area contributed by atoms with Crippen LogP contribution in [0.1, 0.15) is 61.0 Å². The Labute approximate surface area is 199 Å². The molecule has 3 rings (SSSR count). The molecule has 6 nitrogen and oxygen atoms in total. The third-order valence-electron chi connectivity index (χ3n) is 5.69. The van der Waals surface area contributed by atoms with E-state index in [0.717, 1.165) is 17.5 Å². The van der Waals surface area contributed by atoms with Gasteiger partial charge in [-0.2, -0.15) is 0 Å². The van der Waals surface area contributed by atoms with Crippen molar-refractivity contribution in [1.82, 2.24) is 10.2 Å². The number of halogens is 1. The van der Waals surface area contributed by atoms with E-state index in [-0.39, 0.29) is 24.8 Å². The normalized spacial score (nSPS) is 16.1. The first-order valence-electron chi connectivity index (χ1n) is 11.2. The minimum absolute atomic E-state index is 0.102. The zero-order valence-electron chi connectivity index (χ0n) is 19.2. The van der Waals surface area contributed by atoms with Gasteiger partial charge in [0.05, 0.1) is 18.7 Å². The number of nitrogens with zero attached hydrogens (tertiary/aromatic N) is 1. The zero-order valence-corrected chi connectivity index (χ0v) is 19.9. The smallest absolute Gasteiger partial charge is 0.336 e. The molecule has 7 heteroatoms. The van der Waals surface area contributed by atoms with Crippen molar-refractivity contribution >= 4 is 29.4 Å². The molecule has 1 unspecified atom stereocenters. The number of benzene rings is 2. The molecule has 33 heavy (non-hydrogen) atoms. The average Bonchev–Trinajstić information content (AvgIpc) is 2.80. The lowest BCUT2D eigenvalue weighted by Gasteiger charge is -2.34. The highest BCUT2D eigenvalue weighted by atomic mass is 35.5. The number of allylic oxidation sites excluding steroid dienone is 1. The van der Waals surface area contributed by atoms with E-state index in [0.29, 0.717) is 34.9 Å². The first kappa shape index (κ1) is 24.5. The van der Waals surface area contributed by atoms with Crippen molar-refractivity contribution in [3.05, 3.63) is 81.5 Å². The summed E-state index contributed by atoms with van der Waals surface area (Å²) >= 11 is 6.41. The number of ether oxygens (including phenoxy) is 1. The number of hydrogen-bond acceptors (Lipinski definition) is 4. The third kappa shape index (κ3) is 5.63. The summed E-state index contributed by atoms with van der Waals surface area (Å²) in [6.45, 7) is 6.66. The lowest BCUT2D eigenvalue weighted by atomic mass is 9.83. The molecule has 1 aliphatic heterocycles. The molecule has 0 aliphatic carbocycles. The minimum Gasteiger partial charge on any atom is -0.463 e. The number of hydrogen-bond donors (Lipinski definition) is 1. The van der Waals surface area contributed by atoms with E-state index < -0.39 is 11.9 Å². The van der Waals surface area contributed by atoms with Crippen molar-refractivity contribution in [2.45, 2.75) is 46.1 Å². The van der Waals surface area contributed by atoms with Gasteiger partial charge in [0.1, 0.15) is 0 Å². The summed E-state index contributed by atoms with van der Waals surface area (Å²) in [5.41, 5.74) is 3.15. The van der Waals surface area contributed by atoms with Gasteiger partial charge in [-0.1, -0.05) is 48.9 Å². The number of amides is 2. The van der Waals surface area contributed by atoms with E-state index in [1.54, 1.807) is 36.9 Å². The Balaban J connectivity index is 1.91. The highest BCUT2D eigenvalue weighted by molar-refractivity contribution is 6.31. The Morgan fingerprint density at radius 3 is 2.45 bits per heavy atom. The highest BCUT2D eigenvalue weighted by Crippen LogP contribution is 2.40. The molecule has 1 N–H and O–H groups in total. The largest absolute Gasteiger partial charge is 0.463 e.